The Morgan fingerprint density at radius 3 is 2.28 bits per heavy atom. The van der Waals surface area contributed by atoms with E-state index >= 15 is 0 Å². The Labute approximate surface area is 178 Å². The number of halogens is 2. The zero-order chi connectivity index (χ0) is 20.8. The van der Waals surface area contributed by atoms with E-state index in [1.807, 2.05) is 6.92 Å². The molecule has 2 N–H and O–H groups in total. The molecule has 3 aromatic rings. The minimum absolute atomic E-state index is 0.165. The molecule has 0 aliphatic heterocycles. The molecule has 7 heteroatoms. The molecule has 0 fully saturated rings. The lowest BCUT2D eigenvalue weighted by atomic mass is 10.2. The number of aryl methyl sites for hydroxylation is 1. The summed E-state index contributed by atoms with van der Waals surface area (Å²) in [6, 6.07) is 18.7. The predicted octanol–water partition coefficient (Wildman–Crippen LogP) is 5.57. The number of carbonyl (C=O) groups excluding carboxylic acids is 2. The molecule has 0 radical (unpaired) electrons. The highest BCUT2D eigenvalue weighted by molar-refractivity contribution is 6.31. The van der Waals surface area contributed by atoms with Crippen molar-refractivity contribution in [1.29, 1.82) is 0 Å². The average molecular weight is 429 g/mol. The van der Waals surface area contributed by atoms with Gasteiger partial charge in [0, 0.05) is 27.0 Å². The first-order chi connectivity index (χ1) is 13.9. The maximum absolute atomic E-state index is 12.4. The second kappa shape index (κ2) is 9.45. The van der Waals surface area contributed by atoms with Crippen LogP contribution in [0.4, 0.5) is 11.4 Å². The van der Waals surface area contributed by atoms with Gasteiger partial charge in [0.25, 0.3) is 11.8 Å². The van der Waals surface area contributed by atoms with E-state index in [-0.39, 0.29) is 18.4 Å². The molecule has 2 amide bonds. The van der Waals surface area contributed by atoms with Crippen molar-refractivity contribution in [2.24, 2.45) is 0 Å². The highest BCUT2D eigenvalue weighted by Gasteiger charge is 2.10. The summed E-state index contributed by atoms with van der Waals surface area (Å²) in [4.78, 5) is 24.6. The molecule has 0 unspecified atom stereocenters. The smallest absolute Gasteiger partial charge is 0.262 e. The van der Waals surface area contributed by atoms with E-state index in [9.17, 15) is 9.59 Å². The maximum Gasteiger partial charge on any atom is 0.262 e. The number of nitrogens with one attached hydrogen (secondary N) is 2. The molecule has 0 spiro atoms. The molecule has 0 bridgehead atoms. The van der Waals surface area contributed by atoms with Gasteiger partial charge in [-0.25, -0.2) is 0 Å². The molecular weight excluding hydrogens is 411 g/mol. The van der Waals surface area contributed by atoms with Crippen LogP contribution < -0.4 is 15.4 Å². The van der Waals surface area contributed by atoms with Gasteiger partial charge in [-0.05, 0) is 67.1 Å². The summed E-state index contributed by atoms with van der Waals surface area (Å²) in [5.74, 6) is -0.0673. The molecule has 148 valence electrons. The van der Waals surface area contributed by atoms with Crippen molar-refractivity contribution in [3.63, 3.8) is 0 Å². The Bertz CT molecular complexity index is 1050. The molecule has 0 saturated carbocycles. The first kappa shape index (κ1) is 20.7. The van der Waals surface area contributed by atoms with E-state index in [4.69, 9.17) is 27.9 Å². The van der Waals surface area contributed by atoms with Crippen molar-refractivity contribution >= 4 is 46.4 Å². The fourth-order valence-electron chi connectivity index (χ4n) is 2.62. The van der Waals surface area contributed by atoms with Crippen LogP contribution in [-0.2, 0) is 4.79 Å². The predicted molar refractivity (Wildman–Crippen MR) is 116 cm³/mol. The van der Waals surface area contributed by atoms with Crippen LogP contribution in [0.5, 0.6) is 5.75 Å². The van der Waals surface area contributed by atoms with Gasteiger partial charge in [0.2, 0.25) is 0 Å². The van der Waals surface area contributed by atoms with E-state index in [2.05, 4.69) is 10.6 Å². The number of carbonyl (C=O) groups is 2. The highest BCUT2D eigenvalue weighted by atomic mass is 35.5. The third kappa shape index (κ3) is 5.98. The zero-order valence-corrected chi connectivity index (χ0v) is 17.1. The van der Waals surface area contributed by atoms with Crippen LogP contribution in [0.15, 0.2) is 66.7 Å². The van der Waals surface area contributed by atoms with E-state index in [0.717, 1.165) is 5.56 Å². The zero-order valence-electron chi connectivity index (χ0n) is 15.5. The lowest BCUT2D eigenvalue weighted by Gasteiger charge is -2.11. The topological polar surface area (TPSA) is 67.4 Å². The summed E-state index contributed by atoms with van der Waals surface area (Å²) >= 11 is 11.8. The number of benzene rings is 3. The van der Waals surface area contributed by atoms with Gasteiger partial charge in [0.1, 0.15) is 5.75 Å². The number of anilines is 2. The molecule has 3 aromatic carbocycles. The molecular formula is C22H18Cl2N2O3. The van der Waals surface area contributed by atoms with Crippen LogP contribution in [0.1, 0.15) is 15.9 Å². The quantitative estimate of drug-likeness (QED) is 0.538. The van der Waals surface area contributed by atoms with Crippen LogP contribution in [0.3, 0.4) is 0 Å². The molecule has 0 atom stereocenters. The monoisotopic (exact) mass is 428 g/mol. The van der Waals surface area contributed by atoms with Gasteiger partial charge in [-0.2, -0.15) is 0 Å². The van der Waals surface area contributed by atoms with Crippen LogP contribution in [0, 0.1) is 6.92 Å². The van der Waals surface area contributed by atoms with Gasteiger partial charge in [-0.15, -0.1) is 0 Å². The highest BCUT2D eigenvalue weighted by Crippen LogP contribution is 2.22. The fourth-order valence-corrected chi connectivity index (χ4v) is 3.04. The summed E-state index contributed by atoms with van der Waals surface area (Å²) in [5, 5.41) is 6.62. The van der Waals surface area contributed by atoms with Crippen molar-refractivity contribution in [2.75, 3.05) is 17.2 Å². The summed E-state index contributed by atoms with van der Waals surface area (Å²) in [5.41, 5.74) is 2.32. The molecule has 3 rings (SSSR count). The van der Waals surface area contributed by atoms with Gasteiger partial charge in [-0.3, -0.25) is 9.59 Å². The molecule has 0 saturated heterocycles. The lowest BCUT2D eigenvalue weighted by molar-refractivity contribution is -0.118. The Morgan fingerprint density at radius 1 is 0.862 bits per heavy atom. The van der Waals surface area contributed by atoms with E-state index in [1.165, 1.54) is 0 Å². The van der Waals surface area contributed by atoms with Gasteiger partial charge in [0.05, 0.1) is 0 Å². The second-order valence-corrected chi connectivity index (χ2v) is 7.16. The van der Waals surface area contributed by atoms with E-state index < -0.39 is 0 Å². The summed E-state index contributed by atoms with van der Waals surface area (Å²) in [6.45, 7) is 1.68. The van der Waals surface area contributed by atoms with Crippen LogP contribution in [0.25, 0.3) is 0 Å². The Balaban J connectivity index is 1.60. The minimum Gasteiger partial charge on any atom is -0.483 e. The van der Waals surface area contributed by atoms with E-state index in [0.29, 0.717) is 32.7 Å². The third-order valence-electron chi connectivity index (χ3n) is 3.99. The second-order valence-electron chi connectivity index (χ2n) is 6.29. The standard InChI is InChI=1S/C22H18Cl2N2O3/c1-14-10-17(24)8-9-20(14)29-13-21(27)25-18-6-2-4-15(11-18)22(28)26-19-7-3-5-16(23)12-19/h2-12H,13H2,1H3,(H,25,27)(H,26,28). The molecule has 0 aromatic heterocycles. The first-order valence-electron chi connectivity index (χ1n) is 8.76. The maximum atomic E-state index is 12.4. The van der Waals surface area contributed by atoms with Gasteiger partial charge >= 0.3 is 0 Å². The Hall–Kier alpha value is -3.02. The lowest BCUT2D eigenvalue weighted by Crippen LogP contribution is -2.21. The minimum atomic E-state index is -0.341. The molecule has 0 aliphatic rings. The molecule has 0 heterocycles. The van der Waals surface area contributed by atoms with Crippen LogP contribution in [0.2, 0.25) is 10.0 Å². The average Bonchev–Trinajstić information content (AvgIpc) is 2.67. The van der Waals surface area contributed by atoms with Crippen molar-refractivity contribution in [3.05, 3.63) is 87.9 Å². The SMILES string of the molecule is Cc1cc(Cl)ccc1OCC(=O)Nc1cccc(C(=O)Nc2cccc(Cl)c2)c1. The fraction of sp³-hybridized carbons (Fsp3) is 0.0909. The molecule has 5 nitrogen and oxygen atoms in total. The summed E-state index contributed by atoms with van der Waals surface area (Å²) < 4.78 is 5.53. The number of hydrogen-bond donors (Lipinski definition) is 2. The van der Waals surface area contributed by atoms with Gasteiger partial charge in [0.15, 0.2) is 6.61 Å². The number of amides is 2. The van der Waals surface area contributed by atoms with Crippen molar-refractivity contribution in [1.82, 2.24) is 0 Å². The van der Waals surface area contributed by atoms with Crippen molar-refractivity contribution < 1.29 is 14.3 Å². The first-order valence-corrected chi connectivity index (χ1v) is 9.52. The van der Waals surface area contributed by atoms with Gasteiger partial charge in [-0.1, -0.05) is 35.3 Å². The Kier molecular flexibility index (Phi) is 6.75. The third-order valence-corrected chi connectivity index (χ3v) is 4.46. The number of ether oxygens (including phenoxy) is 1. The summed E-state index contributed by atoms with van der Waals surface area (Å²) in [6.07, 6.45) is 0. The van der Waals surface area contributed by atoms with Crippen LogP contribution >= 0.6 is 23.2 Å². The largest absolute Gasteiger partial charge is 0.483 e. The number of rotatable bonds is 6. The summed E-state index contributed by atoms with van der Waals surface area (Å²) in [7, 11) is 0. The van der Waals surface area contributed by atoms with Crippen molar-refractivity contribution in [3.8, 4) is 5.75 Å². The molecule has 0 aliphatic carbocycles. The van der Waals surface area contributed by atoms with Gasteiger partial charge < -0.3 is 15.4 Å². The van der Waals surface area contributed by atoms with Crippen LogP contribution in [-0.4, -0.2) is 18.4 Å². The van der Waals surface area contributed by atoms with E-state index in [1.54, 1.807) is 66.7 Å². The Morgan fingerprint density at radius 2 is 1.55 bits per heavy atom. The number of hydrogen-bond acceptors (Lipinski definition) is 3. The van der Waals surface area contributed by atoms with Crippen molar-refractivity contribution in [2.45, 2.75) is 6.92 Å². The normalized spacial score (nSPS) is 10.3. The molecule has 29 heavy (non-hydrogen) atoms.